The van der Waals surface area contributed by atoms with Crippen molar-refractivity contribution in [3.05, 3.63) is 46.7 Å². The Morgan fingerprint density at radius 2 is 1.68 bits per heavy atom. The van der Waals surface area contributed by atoms with Gasteiger partial charge in [-0.1, -0.05) is 35.3 Å². The van der Waals surface area contributed by atoms with Crippen LogP contribution in [0.25, 0.3) is 11.1 Å². The highest BCUT2D eigenvalue weighted by atomic mass is 35.5. The summed E-state index contributed by atoms with van der Waals surface area (Å²) in [4.78, 5) is 37.0. The fourth-order valence-corrected chi connectivity index (χ4v) is 3.29. The minimum absolute atomic E-state index is 0.398. The summed E-state index contributed by atoms with van der Waals surface area (Å²) in [6, 6.07) is 10.0. The van der Waals surface area contributed by atoms with Crippen molar-refractivity contribution in [2.75, 3.05) is 20.2 Å². The Kier molecular flexibility index (Phi) is 9.63. The number of rotatable bonds is 9. The monoisotopic (exact) mass is 514 g/mol. The van der Waals surface area contributed by atoms with E-state index in [0.29, 0.717) is 28.6 Å². The van der Waals surface area contributed by atoms with E-state index in [4.69, 9.17) is 48.4 Å². The van der Waals surface area contributed by atoms with Gasteiger partial charge in [-0.05, 0) is 43.8 Å². The first-order valence-electron chi connectivity index (χ1n) is 10.0. The van der Waals surface area contributed by atoms with Gasteiger partial charge in [-0.25, -0.2) is 9.78 Å². The molecular weight excluding hydrogens is 491 g/mol. The number of halogens is 2. The zero-order valence-corrected chi connectivity index (χ0v) is 19.7. The third-order valence-electron chi connectivity index (χ3n) is 5.14. The van der Waals surface area contributed by atoms with Crippen LogP contribution < -0.4 is 4.74 Å². The summed E-state index contributed by atoms with van der Waals surface area (Å²) in [6.07, 6.45) is 0.621. The van der Waals surface area contributed by atoms with E-state index in [1.54, 1.807) is 6.20 Å². The molecule has 1 aromatic carbocycles. The highest BCUT2D eigenvalue weighted by Gasteiger charge is 2.40. The second-order valence-electron chi connectivity index (χ2n) is 7.73. The van der Waals surface area contributed by atoms with Gasteiger partial charge in [0.15, 0.2) is 16.5 Å². The lowest BCUT2D eigenvalue weighted by atomic mass is 9.96. The van der Waals surface area contributed by atoms with E-state index in [1.165, 1.54) is 6.42 Å². The number of likely N-dealkylation sites (tertiary alicyclic amines) is 1. The van der Waals surface area contributed by atoms with Crippen LogP contribution in [0.5, 0.6) is 5.75 Å². The number of aliphatic hydroxyl groups is 1. The molecule has 0 bridgehead atoms. The molecule has 4 N–H and O–H groups in total. The molecular formula is C22H24Cl2N2O8. The smallest absolute Gasteiger partial charge is 0.336 e. The van der Waals surface area contributed by atoms with Gasteiger partial charge < -0.3 is 25.2 Å². The number of hydrogen-bond donors (Lipinski definition) is 4. The second-order valence-corrected chi connectivity index (χ2v) is 8.53. The number of aliphatic carboxylic acids is 3. The number of hydrogen-bond acceptors (Lipinski definition) is 7. The average molecular weight is 515 g/mol. The third kappa shape index (κ3) is 7.84. The Hall–Kier alpha value is -2.92. The molecule has 0 saturated carbocycles. The van der Waals surface area contributed by atoms with Gasteiger partial charge >= 0.3 is 17.9 Å². The van der Waals surface area contributed by atoms with Gasteiger partial charge in [0.05, 0.1) is 12.8 Å². The van der Waals surface area contributed by atoms with Crippen LogP contribution in [0.1, 0.15) is 19.3 Å². The predicted molar refractivity (Wildman–Crippen MR) is 123 cm³/mol. The van der Waals surface area contributed by atoms with Gasteiger partial charge in [0.25, 0.3) is 0 Å². The van der Waals surface area contributed by atoms with Crippen molar-refractivity contribution in [3.63, 3.8) is 0 Å². The molecule has 10 nitrogen and oxygen atoms in total. The highest BCUT2D eigenvalue weighted by molar-refractivity contribution is 6.31. The van der Waals surface area contributed by atoms with Crippen molar-refractivity contribution in [2.45, 2.75) is 30.9 Å². The zero-order valence-electron chi connectivity index (χ0n) is 18.1. The fraction of sp³-hybridized carbons (Fsp3) is 0.364. The normalized spacial score (nSPS) is 15.5. The number of likely N-dealkylation sites (N-methyl/N-ethyl adjacent to an activating group) is 1. The van der Waals surface area contributed by atoms with E-state index in [9.17, 15) is 14.4 Å². The lowest BCUT2D eigenvalue weighted by molar-refractivity contribution is -0.170. The molecule has 1 saturated heterocycles. The second kappa shape index (κ2) is 12.0. The summed E-state index contributed by atoms with van der Waals surface area (Å²) in [5, 5.41) is 34.9. The molecule has 0 spiro atoms. The van der Waals surface area contributed by atoms with Crippen molar-refractivity contribution in [1.29, 1.82) is 0 Å². The van der Waals surface area contributed by atoms with Crippen molar-refractivity contribution in [1.82, 2.24) is 9.88 Å². The minimum Gasteiger partial charge on any atom is -0.489 e. The molecule has 12 heteroatoms. The molecule has 184 valence electrons. The van der Waals surface area contributed by atoms with Crippen LogP contribution in [0.2, 0.25) is 10.2 Å². The summed E-state index contributed by atoms with van der Waals surface area (Å²) in [7, 11) is 2.10. The van der Waals surface area contributed by atoms with Crippen molar-refractivity contribution >= 4 is 41.1 Å². The Morgan fingerprint density at radius 3 is 2.12 bits per heavy atom. The molecule has 0 aliphatic carbocycles. The average Bonchev–Trinajstić information content (AvgIpc) is 2.74. The van der Waals surface area contributed by atoms with E-state index in [1.807, 2.05) is 30.3 Å². The molecule has 2 heterocycles. The predicted octanol–water partition coefficient (Wildman–Crippen LogP) is 2.89. The molecule has 2 aromatic rings. The number of carbonyl (C=O) groups is 3. The summed E-state index contributed by atoms with van der Waals surface area (Å²) in [6.45, 7) is 1.77. The molecule has 1 aliphatic rings. The van der Waals surface area contributed by atoms with Crippen LogP contribution in [0.15, 0.2) is 36.5 Å². The molecule has 0 amide bonds. The number of benzene rings is 1. The lowest BCUT2D eigenvalue weighted by Crippen LogP contribution is -2.48. The van der Waals surface area contributed by atoms with E-state index in [0.717, 1.165) is 17.7 Å². The largest absolute Gasteiger partial charge is 0.489 e. The Balaban J connectivity index is 0.000000273. The Morgan fingerprint density at radius 1 is 1.09 bits per heavy atom. The minimum atomic E-state index is -2.74. The Bertz CT molecular complexity index is 1020. The van der Waals surface area contributed by atoms with E-state index in [-0.39, 0.29) is 0 Å². The van der Waals surface area contributed by atoms with Gasteiger partial charge in [0.2, 0.25) is 0 Å². The lowest BCUT2D eigenvalue weighted by Gasteiger charge is -2.37. The number of carboxylic acids is 3. The number of ether oxygens (including phenoxy) is 1. The first-order chi connectivity index (χ1) is 15.9. The van der Waals surface area contributed by atoms with Crippen LogP contribution in [0.4, 0.5) is 0 Å². The topological polar surface area (TPSA) is 157 Å². The molecule has 0 unspecified atom stereocenters. The number of aromatic nitrogens is 1. The van der Waals surface area contributed by atoms with Crippen LogP contribution in [-0.4, -0.2) is 80.1 Å². The SMILES string of the molecule is CN1CC[C@H]1COc1cc(-c2ccc(Cl)cc2)cnc1Cl.O=C(O)CC(O)(CC(=O)O)C(=O)O. The molecule has 1 atom stereocenters. The third-order valence-corrected chi connectivity index (χ3v) is 5.68. The first kappa shape index (κ1) is 27.3. The molecule has 1 aromatic heterocycles. The maximum Gasteiger partial charge on any atom is 0.336 e. The summed E-state index contributed by atoms with van der Waals surface area (Å²) >= 11 is 12.0. The quantitative estimate of drug-likeness (QED) is 0.366. The maximum absolute atomic E-state index is 10.3. The van der Waals surface area contributed by atoms with Gasteiger partial charge in [-0.2, -0.15) is 0 Å². The van der Waals surface area contributed by atoms with Crippen molar-refractivity contribution in [3.8, 4) is 16.9 Å². The first-order valence-corrected chi connectivity index (χ1v) is 10.8. The molecule has 0 radical (unpaired) electrons. The molecule has 34 heavy (non-hydrogen) atoms. The van der Waals surface area contributed by atoms with Crippen molar-refractivity contribution in [2.24, 2.45) is 0 Å². The summed E-state index contributed by atoms with van der Waals surface area (Å²) in [5.41, 5.74) is -0.736. The van der Waals surface area contributed by atoms with Gasteiger partial charge in [-0.3, -0.25) is 14.5 Å². The standard InChI is InChI=1S/C16H16Cl2N2O.C6H8O7/c1-20-7-6-14(20)10-21-15-8-12(9-19-16(15)18)11-2-4-13(17)5-3-11;7-3(8)1-6(13,5(11)12)2-4(9)10/h2-5,8-9,14H,6-7,10H2,1H3;13H,1-2H2,(H,7,8)(H,9,10)(H,11,12)/t14-;/m0./s1. The number of carboxylic acid groups (broad SMARTS) is 3. The number of nitrogens with zero attached hydrogens (tertiary/aromatic N) is 2. The molecule has 1 aliphatic heterocycles. The van der Waals surface area contributed by atoms with Crippen LogP contribution in [0.3, 0.4) is 0 Å². The fourth-order valence-electron chi connectivity index (χ4n) is 3.01. The van der Waals surface area contributed by atoms with Crippen LogP contribution in [-0.2, 0) is 14.4 Å². The molecule has 1 fully saturated rings. The van der Waals surface area contributed by atoms with Gasteiger partial charge in [0.1, 0.15) is 6.61 Å². The van der Waals surface area contributed by atoms with Crippen LogP contribution in [0, 0.1) is 0 Å². The maximum atomic E-state index is 10.3. The summed E-state index contributed by atoms with van der Waals surface area (Å²) in [5.74, 6) is -4.39. The Labute approximate surface area is 205 Å². The van der Waals surface area contributed by atoms with Gasteiger partial charge in [-0.15, -0.1) is 0 Å². The van der Waals surface area contributed by atoms with Crippen LogP contribution >= 0.6 is 23.2 Å². The van der Waals surface area contributed by atoms with E-state index in [2.05, 4.69) is 16.9 Å². The van der Waals surface area contributed by atoms with E-state index < -0.39 is 36.4 Å². The molecule has 3 rings (SSSR count). The van der Waals surface area contributed by atoms with E-state index >= 15 is 0 Å². The highest BCUT2D eigenvalue weighted by Crippen LogP contribution is 2.30. The summed E-state index contributed by atoms with van der Waals surface area (Å²) < 4.78 is 5.83. The van der Waals surface area contributed by atoms with Gasteiger partial charge in [0, 0.05) is 22.8 Å². The zero-order chi connectivity index (χ0) is 25.5. The number of pyridine rings is 1. The van der Waals surface area contributed by atoms with Crippen molar-refractivity contribution < 1.29 is 39.5 Å².